The van der Waals surface area contributed by atoms with Gasteiger partial charge in [0, 0.05) is 84.3 Å². The number of hydrogen-bond acceptors (Lipinski definition) is 25. The molecule has 12 rings (SSSR count). The molecule has 6 heterocycles. The van der Waals surface area contributed by atoms with E-state index in [0.717, 1.165) is 51.4 Å². The number of carbonyl (C=O) groups excluding carboxylic acids is 8. The van der Waals surface area contributed by atoms with Crippen molar-refractivity contribution in [3.63, 3.8) is 0 Å². The summed E-state index contributed by atoms with van der Waals surface area (Å²) in [5.74, 6) is -1.85. The number of thiazole rings is 2. The summed E-state index contributed by atoms with van der Waals surface area (Å²) in [7, 11) is -5.19. The number of methoxy groups -OCH3 is 2. The molecular formula is C80H106N12O20P2S2. The van der Waals surface area contributed by atoms with E-state index >= 15 is 0 Å². The predicted octanol–water partition coefficient (Wildman–Crippen LogP) is 13.0. The van der Waals surface area contributed by atoms with E-state index in [-0.39, 0.29) is 82.6 Å². The number of hydrogen-bond donors (Lipinski definition) is 7. The summed E-state index contributed by atoms with van der Waals surface area (Å²) in [5, 5.41) is 19.4. The van der Waals surface area contributed by atoms with Gasteiger partial charge in [-0.2, -0.15) is 0 Å². The highest BCUT2D eigenvalue weighted by molar-refractivity contribution is 7.56. The number of carbonyl (C=O) groups is 8. The lowest BCUT2D eigenvalue weighted by molar-refractivity contribution is -0.142. The second kappa shape index (κ2) is 36.4. The largest absolute Gasteiger partial charge is 0.497 e. The van der Waals surface area contributed by atoms with E-state index in [1.807, 2.05) is 26.8 Å². The quantitative estimate of drug-likeness (QED) is 0.0163. The number of rotatable bonds is 30. The van der Waals surface area contributed by atoms with Gasteiger partial charge >= 0.3 is 27.4 Å². The molecule has 6 fully saturated rings. The van der Waals surface area contributed by atoms with Gasteiger partial charge in [0.15, 0.2) is 10.3 Å². The zero-order chi connectivity index (χ0) is 84.0. The van der Waals surface area contributed by atoms with Crippen LogP contribution in [0.1, 0.15) is 153 Å². The third-order valence-electron chi connectivity index (χ3n) is 21.4. The number of aromatic nitrogens is 4. The minimum absolute atomic E-state index is 0.00115. The van der Waals surface area contributed by atoms with Crippen LogP contribution in [0.5, 0.6) is 23.0 Å². The van der Waals surface area contributed by atoms with Crippen LogP contribution >= 0.6 is 37.9 Å². The van der Waals surface area contributed by atoms with Gasteiger partial charge in [-0.15, -0.1) is 35.8 Å². The molecule has 8 amide bonds. The molecule has 0 spiro atoms. The Hall–Kier alpha value is -9.14. The van der Waals surface area contributed by atoms with Crippen molar-refractivity contribution in [1.29, 1.82) is 0 Å². The molecule has 4 saturated carbocycles. The summed E-state index contributed by atoms with van der Waals surface area (Å²) in [4.78, 5) is 141. The van der Waals surface area contributed by atoms with Crippen molar-refractivity contribution < 1.29 is 94.4 Å². The Morgan fingerprint density at radius 1 is 0.569 bits per heavy atom. The van der Waals surface area contributed by atoms with Crippen LogP contribution in [0.15, 0.2) is 84.6 Å². The highest BCUT2D eigenvalue weighted by Crippen LogP contribution is 2.73. The molecular weight excluding hydrogens is 1580 g/mol. The summed E-state index contributed by atoms with van der Waals surface area (Å²) in [6, 6.07) is 9.61. The summed E-state index contributed by atoms with van der Waals surface area (Å²) in [5.41, 5.74) is 1.33. The Morgan fingerprint density at radius 3 is 1.31 bits per heavy atom. The lowest BCUT2D eigenvalue weighted by Crippen LogP contribution is -2.58. The maximum absolute atomic E-state index is 14.8. The van der Waals surface area contributed by atoms with Crippen molar-refractivity contribution in [2.75, 3.05) is 57.8 Å². The molecule has 4 aromatic heterocycles. The predicted molar refractivity (Wildman–Crippen MR) is 437 cm³/mol. The third-order valence-corrected chi connectivity index (χ3v) is 27.9. The number of nitrogens with zero attached hydrogens (tertiary/aromatic N) is 6. The topological polar surface area (TPSA) is 404 Å². The number of fused-ring (bicyclic) bond motifs is 2. The van der Waals surface area contributed by atoms with Gasteiger partial charge in [0.05, 0.1) is 69.6 Å². The molecule has 6 aromatic rings. The number of alkyl carbamates (subject to hydrolysis) is 2. The van der Waals surface area contributed by atoms with Crippen molar-refractivity contribution in [2.24, 2.45) is 22.7 Å². The second-order valence-electron chi connectivity index (χ2n) is 31.9. The van der Waals surface area contributed by atoms with Crippen molar-refractivity contribution in [2.45, 2.75) is 212 Å². The van der Waals surface area contributed by atoms with Crippen LogP contribution in [-0.2, 0) is 60.9 Å². The summed E-state index contributed by atoms with van der Waals surface area (Å²) in [6.45, 7) is 26.3. The highest BCUT2D eigenvalue weighted by Gasteiger charge is 2.69. The molecule has 2 saturated heterocycles. The molecule has 628 valence electrons. The fourth-order valence-corrected chi connectivity index (χ4v) is 21.0. The van der Waals surface area contributed by atoms with E-state index in [1.54, 1.807) is 115 Å². The normalized spacial score (nSPS) is 23.0. The number of benzene rings is 2. The first kappa shape index (κ1) is 87.7. The minimum atomic E-state index is -4.38. The minimum Gasteiger partial charge on any atom is -0.497 e. The van der Waals surface area contributed by atoms with E-state index in [2.05, 4.69) is 55.0 Å². The number of anilines is 2. The van der Waals surface area contributed by atoms with E-state index in [4.69, 9.17) is 52.0 Å². The summed E-state index contributed by atoms with van der Waals surface area (Å²) < 4.78 is 80.3. The number of nitrogens with one attached hydrogen (secondary N) is 6. The lowest BCUT2D eigenvalue weighted by Gasteiger charge is -2.36. The summed E-state index contributed by atoms with van der Waals surface area (Å²) >= 11 is 2.48. The summed E-state index contributed by atoms with van der Waals surface area (Å²) in [6.07, 6.45) is 7.01. The Labute approximate surface area is 682 Å². The van der Waals surface area contributed by atoms with Crippen molar-refractivity contribution >= 4 is 118 Å². The van der Waals surface area contributed by atoms with Crippen molar-refractivity contribution in [1.82, 2.24) is 51.0 Å². The first-order valence-electron chi connectivity index (χ1n) is 39.1. The van der Waals surface area contributed by atoms with Gasteiger partial charge in [0.1, 0.15) is 93.5 Å². The molecule has 7 N–H and O–H groups in total. The standard InChI is InChI=1S/C41H55N6O10PS.C39H51N6O10PS/c1-9-25-21-41(25,58(52,54-10-2)55-11-3)46-36(49)33-19-28(22-47(33)37(50)35(40(5,6)7)45-39(51)57-26-14-12-13-15-26)56-34-20-31(32-23-59-38(44-32)42-24(4)48)43-30-18-27(53-8)16-17-29(30)34;1-8-23-19-39(23,56(50,51)53-9-2)44-34(47)31-17-26(20-45(31)35(48)33(38(4,5)6)43-37(49)55-24-12-10-11-13-24)54-32-18-29(30-21-57-36(42-30)40-22(3)46)41-28-16-25(52-7)14-15-27(28)32/h9,16-18,20,23,25-26,28,33,35H,1,10-15,19,21-22H2,2-8H3,(H,45,51)(H,46,49)(H,42,44,48);8,14-16,18,21,23-24,26,31,33H,1,9-13,17,19-20H2,2-7H3,(H,43,49)(H,44,47)(H,50,51)(H,40,42,46)/t25-,28-,33+,35-,41+;23-,26-,31+,33-,39+/m11/s1. The average molecular weight is 1680 g/mol. The number of ether oxygens (including phenoxy) is 6. The third kappa shape index (κ3) is 19.8. The molecule has 116 heavy (non-hydrogen) atoms. The SMILES string of the molecule is C=C[C@@H]1C[C@]1(NC(=O)[C@@H]1C[C@@H](Oc2cc(-c3csc(NC(C)=O)n3)nc3cc(OC)ccc23)CN1C(=O)[C@@H](NC(=O)OC1CCCC1)C(C)(C)C)P(=O)(O)OCC.C=C[C@@H]1C[C@]1(NC(=O)[C@@H]1C[C@@H](Oc2cc(-c3csc(NC(C)=O)n3)nc3cc(OC)ccc23)CN1C(=O)[C@@H](NC(=O)OC1CCCC1)C(C)(C)C)P(=O)(OCC)OCC. The Bertz CT molecular complexity index is 4780. The molecule has 11 atom stereocenters. The first-order chi connectivity index (χ1) is 55.0. The Morgan fingerprint density at radius 2 is 0.957 bits per heavy atom. The van der Waals surface area contributed by atoms with Gasteiger partial charge in [-0.25, -0.2) is 29.5 Å². The van der Waals surface area contributed by atoms with Gasteiger partial charge in [-0.05, 0) is 120 Å². The zero-order valence-electron chi connectivity index (χ0n) is 67.7. The fourth-order valence-electron chi connectivity index (χ4n) is 15.3. The van der Waals surface area contributed by atoms with Crippen molar-refractivity contribution in [3.8, 4) is 45.8 Å². The smallest absolute Gasteiger partial charge is 0.408 e. The van der Waals surface area contributed by atoms with Crippen molar-refractivity contribution in [3.05, 3.63) is 84.6 Å². The number of pyridine rings is 2. The van der Waals surface area contributed by atoms with E-state index in [1.165, 1.54) is 52.4 Å². The van der Waals surface area contributed by atoms with Gasteiger partial charge in [-0.3, -0.25) is 37.9 Å². The molecule has 6 aliphatic rings. The van der Waals surface area contributed by atoms with Crippen LogP contribution in [0.2, 0.25) is 0 Å². The molecule has 36 heteroatoms. The zero-order valence-corrected chi connectivity index (χ0v) is 71.2. The molecule has 32 nitrogen and oxygen atoms in total. The maximum Gasteiger partial charge on any atom is 0.408 e. The van der Waals surface area contributed by atoms with Gasteiger partial charge in [0.25, 0.3) is 0 Å². The van der Waals surface area contributed by atoms with Crippen LogP contribution in [0.25, 0.3) is 44.6 Å². The number of amides is 8. The molecule has 2 aliphatic heterocycles. The first-order valence-corrected chi connectivity index (χ1v) is 44.0. The Kier molecular flexibility index (Phi) is 27.5. The highest BCUT2D eigenvalue weighted by atomic mass is 32.1. The average Bonchev–Trinajstić information content (AvgIpc) is 1.53. The monoisotopic (exact) mass is 1680 g/mol. The van der Waals surface area contributed by atoms with E-state index in [0.29, 0.717) is 77.8 Å². The Balaban J connectivity index is 0.000000228. The van der Waals surface area contributed by atoms with Gasteiger partial charge < -0.3 is 88.6 Å². The molecule has 0 bridgehead atoms. The maximum atomic E-state index is 14.8. The molecule has 0 radical (unpaired) electrons. The molecule has 1 unspecified atom stereocenters. The second-order valence-corrected chi connectivity index (χ2v) is 38.0. The molecule has 4 aliphatic carbocycles. The molecule has 2 aromatic carbocycles. The lowest BCUT2D eigenvalue weighted by atomic mass is 9.85. The van der Waals surface area contributed by atoms with E-state index < -0.39 is 121 Å². The van der Waals surface area contributed by atoms with E-state index in [9.17, 15) is 52.4 Å². The van der Waals surface area contributed by atoms with Crippen LogP contribution in [-0.4, -0.2) is 189 Å². The fraction of sp³-hybridized carbons (Fsp3) is 0.550. The van der Waals surface area contributed by atoms with Crippen LogP contribution < -0.4 is 50.8 Å². The van der Waals surface area contributed by atoms with Crippen LogP contribution in [0.4, 0.5) is 19.9 Å². The van der Waals surface area contributed by atoms with Crippen LogP contribution in [0, 0.1) is 22.7 Å². The van der Waals surface area contributed by atoms with Gasteiger partial charge in [-0.1, -0.05) is 53.7 Å². The number of likely N-dealkylation sites (tertiary alicyclic amines) is 2. The van der Waals surface area contributed by atoms with Gasteiger partial charge in [0.2, 0.25) is 35.4 Å². The van der Waals surface area contributed by atoms with Crippen LogP contribution in [0.3, 0.4) is 0 Å².